The van der Waals surface area contributed by atoms with Crippen molar-refractivity contribution >= 4 is 17.5 Å². The van der Waals surface area contributed by atoms with E-state index in [0.717, 1.165) is 40.9 Å². The number of rotatable bonds is 13. The molecule has 0 saturated carbocycles. The molecule has 0 spiro atoms. The van der Waals surface area contributed by atoms with Crippen LogP contribution < -0.4 is 10.6 Å². The van der Waals surface area contributed by atoms with E-state index in [-0.39, 0.29) is 24.6 Å². The van der Waals surface area contributed by atoms with Gasteiger partial charge in [0.15, 0.2) is 12.1 Å². The van der Waals surface area contributed by atoms with E-state index in [1.54, 1.807) is 6.07 Å². The maximum Gasteiger partial charge on any atom is 0.319 e. The molecular formula is C37H42N4O5. The Labute approximate surface area is 270 Å². The van der Waals surface area contributed by atoms with E-state index in [4.69, 9.17) is 9.47 Å². The molecule has 1 fully saturated rings. The van der Waals surface area contributed by atoms with Gasteiger partial charge in [-0.25, -0.2) is 4.79 Å². The predicted molar refractivity (Wildman–Crippen MR) is 177 cm³/mol. The number of urea groups is 1. The van der Waals surface area contributed by atoms with Crippen LogP contribution in [-0.4, -0.2) is 59.1 Å². The lowest BCUT2D eigenvalue weighted by Crippen LogP contribution is -2.43. The molecule has 3 N–H and O–H groups in total. The van der Waals surface area contributed by atoms with Gasteiger partial charge in [0, 0.05) is 49.1 Å². The first-order valence-corrected chi connectivity index (χ1v) is 15.7. The Bertz CT molecular complexity index is 1550. The molecule has 4 unspecified atom stereocenters. The summed E-state index contributed by atoms with van der Waals surface area (Å²) in [6.07, 6.45) is 2.70. The van der Waals surface area contributed by atoms with Crippen LogP contribution in [0.5, 0.6) is 0 Å². The number of aromatic nitrogens is 1. The molecule has 4 aromatic rings. The Morgan fingerprint density at radius 3 is 2.43 bits per heavy atom. The number of ketones is 1. The molecule has 9 heteroatoms. The number of carbonyl (C=O) groups is 2. The molecule has 46 heavy (non-hydrogen) atoms. The van der Waals surface area contributed by atoms with E-state index >= 15 is 0 Å². The van der Waals surface area contributed by atoms with Crippen LogP contribution in [-0.2, 0) is 33.7 Å². The fourth-order valence-corrected chi connectivity index (χ4v) is 5.56. The minimum Gasteiger partial charge on any atom is -0.392 e. The van der Waals surface area contributed by atoms with Gasteiger partial charge in [0.2, 0.25) is 0 Å². The molecule has 1 saturated heterocycles. The molecule has 1 aliphatic heterocycles. The lowest BCUT2D eigenvalue weighted by atomic mass is 9.99. The fourth-order valence-electron chi connectivity index (χ4n) is 5.56. The molecule has 0 bridgehead atoms. The summed E-state index contributed by atoms with van der Waals surface area (Å²) in [4.78, 5) is 32.0. The first-order valence-electron chi connectivity index (χ1n) is 15.7. The van der Waals surface area contributed by atoms with Crippen molar-refractivity contribution in [2.24, 2.45) is 0 Å². The smallest absolute Gasteiger partial charge is 0.319 e. The summed E-state index contributed by atoms with van der Waals surface area (Å²) < 4.78 is 13.0. The van der Waals surface area contributed by atoms with Gasteiger partial charge >= 0.3 is 6.03 Å². The molecule has 2 heterocycles. The van der Waals surface area contributed by atoms with Gasteiger partial charge in [-0.15, -0.1) is 0 Å². The monoisotopic (exact) mass is 622 g/mol. The van der Waals surface area contributed by atoms with E-state index < -0.39 is 18.4 Å². The first kappa shape index (κ1) is 33.0. The van der Waals surface area contributed by atoms with Gasteiger partial charge in [0.05, 0.1) is 24.9 Å². The Hall–Kier alpha value is -4.41. The third-order valence-corrected chi connectivity index (χ3v) is 8.10. The number of aliphatic hydroxyl groups excluding tert-OH is 1. The second kappa shape index (κ2) is 16.2. The van der Waals surface area contributed by atoms with Crippen LogP contribution in [0.15, 0.2) is 103 Å². The summed E-state index contributed by atoms with van der Waals surface area (Å²) in [6, 6.07) is 29.6. The zero-order valence-corrected chi connectivity index (χ0v) is 26.3. The molecule has 4 atom stereocenters. The largest absolute Gasteiger partial charge is 0.392 e. The molecule has 9 nitrogen and oxygen atoms in total. The molecule has 3 aromatic carbocycles. The van der Waals surface area contributed by atoms with Crippen molar-refractivity contribution in [2.45, 2.75) is 57.3 Å². The summed E-state index contributed by atoms with van der Waals surface area (Å²) >= 11 is 0. The number of hydrogen-bond acceptors (Lipinski definition) is 7. The molecule has 1 aromatic heterocycles. The quantitative estimate of drug-likeness (QED) is 0.178. The highest BCUT2D eigenvalue weighted by atomic mass is 16.7. The minimum atomic E-state index is -0.668. The summed E-state index contributed by atoms with van der Waals surface area (Å²) in [6.45, 7) is 2.99. The molecule has 5 rings (SSSR count). The number of benzene rings is 3. The van der Waals surface area contributed by atoms with Crippen molar-refractivity contribution in [2.75, 3.05) is 25.5 Å². The average Bonchev–Trinajstić information content (AvgIpc) is 3.08. The lowest BCUT2D eigenvalue weighted by Gasteiger charge is -2.38. The number of pyridine rings is 1. The molecule has 2 amide bonds. The maximum absolute atomic E-state index is 13.0. The standard InChI is InChI=1S/C37H42N4O5/c1-26(43)34(21-27-9-4-3-5-10-27)40-37(44)39-32-13-8-11-30(22-32)36-45-33(24-41(2)20-18-31-12-6-7-19-38-31)23-35(46-36)29-16-14-28(25-42)15-17-29/h3-17,19,22,33-36,42H,18,20-21,23-25H2,1-2H3,(H2,39,40,44). The highest BCUT2D eigenvalue weighted by Crippen LogP contribution is 2.38. The zero-order valence-electron chi connectivity index (χ0n) is 26.3. The Balaban J connectivity index is 1.27. The predicted octanol–water partition coefficient (Wildman–Crippen LogP) is 5.62. The summed E-state index contributed by atoms with van der Waals surface area (Å²) in [5.41, 5.74) is 5.18. The molecule has 0 aliphatic carbocycles. The fraction of sp³-hybridized carbons (Fsp3) is 0.324. The van der Waals surface area contributed by atoms with Crippen molar-refractivity contribution in [3.8, 4) is 0 Å². The van der Waals surface area contributed by atoms with Crippen molar-refractivity contribution in [1.29, 1.82) is 0 Å². The molecule has 240 valence electrons. The van der Waals surface area contributed by atoms with Crippen LogP contribution in [0.2, 0.25) is 0 Å². The topological polar surface area (TPSA) is 113 Å². The normalized spacial score (nSPS) is 18.6. The van der Waals surface area contributed by atoms with Gasteiger partial charge in [-0.3, -0.25) is 9.78 Å². The van der Waals surface area contributed by atoms with Crippen molar-refractivity contribution < 1.29 is 24.2 Å². The SMILES string of the molecule is CC(=O)C(Cc1ccccc1)NC(=O)Nc1cccc(C2OC(CN(C)CCc3ccccn3)CC(c3ccc(CO)cc3)O2)c1. The number of anilines is 1. The summed E-state index contributed by atoms with van der Waals surface area (Å²) in [5.74, 6) is -0.120. The third-order valence-electron chi connectivity index (χ3n) is 8.10. The Morgan fingerprint density at radius 2 is 1.72 bits per heavy atom. The number of amides is 2. The number of ether oxygens (including phenoxy) is 2. The minimum absolute atomic E-state index is 0.0198. The zero-order chi connectivity index (χ0) is 32.3. The van der Waals surface area contributed by atoms with E-state index in [1.165, 1.54) is 6.92 Å². The van der Waals surface area contributed by atoms with Gasteiger partial charge in [-0.2, -0.15) is 0 Å². The van der Waals surface area contributed by atoms with Crippen LogP contribution in [0.3, 0.4) is 0 Å². The number of carbonyl (C=O) groups excluding carboxylic acids is 2. The van der Waals surface area contributed by atoms with Gasteiger partial charge in [0.25, 0.3) is 0 Å². The van der Waals surface area contributed by atoms with E-state index in [1.807, 2.05) is 97.2 Å². The number of aliphatic hydroxyl groups is 1. The number of Topliss-reactive ketones (excluding diaryl/α,β-unsaturated/α-hetero) is 1. The second-order valence-electron chi connectivity index (χ2n) is 11.8. The first-order chi connectivity index (χ1) is 22.4. The third kappa shape index (κ3) is 9.55. The highest BCUT2D eigenvalue weighted by Gasteiger charge is 2.33. The number of likely N-dealkylation sites (N-methyl/N-ethyl adjacent to an activating group) is 1. The van der Waals surface area contributed by atoms with Gasteiger partial charge in [0.1, 0.15) is 0 Å². The number of hydrogen-bond donors (Lipinski definition) is 3. The molecular weight excluding hydrogens is 580 g/mol. The summed E-state index contributed by atoms with van der Waals surface area (Å²) in [5, 5.41) is 15.2. The van der Waals surface area contributed by atoms with Crippen LogP contribution in [0.1, 0.15) is 53.7 Å². The second-order valence-corrected chi connectivity index (χ2v) is 11.8. The van der Waals surface area contributed by atoms with Gasteiger partial charge in [-0.05, 0) is 61.3 Å². The van der Waals surface area contributed by atoms with Crippen molar-refractivity contribution in [1.82, 2.24) is 15.2 Å². The van der Waals surface area contributed by atoms with E-state index in [9.17, 15) is 14.7 Å². The average molecular weight is 623 g/mol. The Kier molecular flexibility index (Phi) is 11.6. The van der Waals surface area contributed by atoms with Gasteiger partial charge < -0.3 is 30.1 Å². The van der Waals surface area contributed by atoms with Crippen molar-refractivity contribution in [3.05, 3.63) is 131 Å². The molecule has 0 radical (unpaired) electrons. The summed E-state index contributed by atoms with van der Waals surface area (Å²) in [7, 11) is 2.08. The van der Waals surface area contributed by atoms with E-state index in [2.05, 4.69) is 27.6 Å². The van der Waals surface area contributed by atoms with Gasteiger partial charge in [-0.1, -0.05) is 72.8 Å². The number of nitrogens with one attached hydrogen (secondary N) is 2. The maximum atomic E-state index is 13.0. The lowest BCUT2D eigenvalue weighted by molar-refractivity contribution is -0.252. The molecule has 1 aliphatic rings. The van der Waals surface area contributed by atoms with Crippen LogP contribution in [0, 0.1) is 0 Å². The van der Waals surface area contributed by atoms with E-state index in [0.29, 0.717) is 25.1 Å². The van der Waals surface area contributed by atoms with Crippen LogP contribution >= 0.6 is 0 Å². The number of nitrogens with zero attached hydrogens (tertiary/aromatic N) is 2. The highest BCUT2D eigenvalue weighted by molar-refractivity contribution is 5.93. The Morgan fingerprint density at radius 1 is 0.935 bits per heavy atom. The van der Waals surface area contributed by atoms with Crippen LogP contribution in [0.25, 0.3) is 0 Å². The van der Waals surface area contributed by atoms with Crippen molar-refractivity contribution in [3.63, 3.8) is 0 Å². The van der Waals surface area contributed by atoms with Crippen LogP contribution in [0.4, 0.5) is 10.5 Å².